The molecule has 1 rings (SSSR count). The summed E-state index contributed by atoms with van der Waals surface area (Å²) in [6, 6.07) is 0. The SMILES string of the molecule is CCCCNC(=NCc1nnc(C)n1C)NCC(CC)(CC)CCO. The minimum atomic E-state index is 0.101. The molecule has 1 heterocycles. The van der Waals surface area contributed by atoms with Crippen LogP contribution in [0.3, 0.4) is 0 Å². The average Bonchev–Trinajstić information content (AvgIpc) is 2.94. The first-order chi connectivity index (χ1) is 12.0. The second-order valence-corrected chi connectivity index (χ2v) is 6.70. The van der Waals surface area contributed by atoms with E-state index in [0.717, 1.165) is 62.8 Å². The van der Waals surface area contributed by atoms with Gasteiger partial charge in [0.25, 0.3) is 0 Å². The molecule has 1 aromatic heterocycles. The van der Waals surface area contributed by atoms with Gasteiger partial charge in [-0.3, -0.25) is 0 Å². The van der Waals surface area contributed by atoms with E-state index in [1.807, 2.05) is 18.5 Å². The molecule has 0 bridgehead atoms. The zero-order chi connectivity index (χ0) is 18.7. The molecule has 1 aromatic rings. The van der Waals surface area contributed by atoms with Crippen molar-refractivity contribution in [1.82, 2.24) is 25.4 Å². The molecule has 3 N–H and O–H groups in total. The highest BCUT2D eigenvalue weighted by Crippen LogP contribution is 2.29. The van der Waals surface area contributed by atoms with Crippen molar-refractivity contribution in [2.24, 2.45) is 17.5 Å². The van der Waals surface area contributed by atoms with E-state index in [0.29, 0.717) is 6.54 Å². The number of unbranched alkanes of at least 4 members (excludes halogenated alkanes) is 1. The van der Waals surface area contributed by atoms with E-state index < -0.39 is 0 Å². The maximum atomic E-state index is 9.40. The Hall–Kier alpha value is -1.63. The van der Waals surface area contributed by atoms with Crippen molar-refractivity contribution in [3.05, 3.63) is 11.6 Å². The fourth-order valence-corrected chi connectivity index (χ4v) is 2.75. The van der Waals surface area contributed by atoms with Crippen molar-refractivity contribution < 1.29 is 5.11 Å². The van der Waals surface area contributed by atoms with Crippen molar-refractivity contribution in [1.29, 1.82) is 0 Å². The standard InChI is InChI=1S/C18H36N6O/c1-6-9-11-19-17(20-13-16-23-22-15(4)24(16)5)21-14-18(7-2,8-3)10-12-25/h25H,6-14H2,1-5H3,(H2,19,20,21). The number of aliphatic imine (C=N–C) groups is 1. The number of aliphatic hydroxyl groups excluding tert-OH is 1. The van der Waals surface area contributed by atoms with Crippen LogP contribution < -0.4 is 10.6 Å². The lowest BCUT2D eigenvalue weighted by molar-refractivity contribution is 0.169. The minimum absolute atomic E-state index is 0.101. The Kier molecular flexibility index (Phi) is 9.49. The van der Waals surface area contributed by atoms with E-state index in [-0.39, 0.29) is 12.0 Å². The largest absolute Gasteiger partial charge is 0.396 e. The number of guanidine groups is 1. The summed E-state index contributed by atoms with van der Waals surface area (Å²) in [5.41, 5.74) is 0.101. The summed E-state index contributed by atoms with van der Waals surface area (Å²) in [5, 5.41) is 24.5. The lowest BCUT2D eigenvalue weighted by atomic mass is 9.79. The van der Waals surface area contributed by atoms with E-state index in [1.165, 1.54) is 0 Å². The second kappa shape index (κ2) is 11.1. The summed E-state index contributed by atoms with van der Waals surface area (Å²) in [6.45, 7) is 10.9. The lowest BCUT2D eigenvalue weighted by Crippen LogP contribution is -2.44. The third-order valence-corrected chi connectivity index (χ3v) is 5.16. The van der Waals surface area contributed by atoms with E-state index in [2.05, 4.69) is 46.6 Å². The summed E-state index contributed by atoms with van der Waals surface area (Å²) >= 11 is 0. The molecule has 0 aliphatic rings. The Morgan fingerprint density at radius 1 is 1.20 bits per heavy atom. The first-order valence-corrected chi connectivity index (χ1v) is 9.49. The van der Waals surface area contributed by atoms with Gasteiger partial charge < -0.3 is 20.3 Å². The fraction of sp³-hybridized carbons (Fsp3) is 0.833. The number of nitrogens with one attached hydrogen (secondary N) is 2. The van der Waals surface area contributed by atoms with Gasteiger partial charge in [0.1, 0.15) is 12.4 Å². The van der Waals surface area contributed by atoms with Gasteiger partial charge in [-0.05, 0) is 38.0 Å². The van der Waals surface area contributed by atoms with E-state index in [9.17, 15) is 5.11 Å². The Bertz CT molecular complexity index is 522. The van der Waals surface area contributed by atoms with Gasteiger partial charge in [-0.1, -0.05) is 27.2 Å². The van der Waals surface area contributed by atoms with Crippen LogP contribution in [0.4, 0.5) is 0 Å². The molecule has 144 valence electrons. The number of aromatic nitrogens is 3. The number of hydrogen-bond acceptors (Lipinski definition) is 4. The maximum absolute atomic E-state index is 9.40. The maximum Gasteiger partial charge on any atom is 0.191 e. The first-order valence-electron chi connectivity index (χ1n) is 9.49. The summed E-state index contributed by atoms with van der Waals surface area (Å²) in [4.78, 5) is 4.68. The Morgan fingerprint density at radius 2 is 1.92 bits per heavy atom. The normalized spacial score (nSPS) is 12.5. The van der Waals surface area contributed by atoms with Crippen LogP contribution in [0.2, 0.25) is 0 Å². The predicted octanol–water partition coefficient (Wildman–Crippen LogP) is 2.15. The van der Waals surface area contributed by atoms with Crippen molar-refractivity contribution in [2.45, 2.75) is 66.3 Å². The highest BCUT2D eigenvalue weighted by Gasteiger charge is 2.25. The highest BCUT2D eigenvalue weighted by atomic mass is 16.3. The Morgan fingerprint density at radius 3 is 2.44 bits per heavy atom. The lowest BCUT2D eigenvalue weighted by Gasteiger charge is -2.32. The minimum Gasteiger partial charge on any atom is -0.396 e. The molecule has 0 spiro atoms. The topological polar surface area (TPSA) is 87.4 Å². The molecular formula is C18H36N6O. The molecule has 25 heavy (non-hydrogen) atoms. The van der Waals surface area contributed by atoms with E-state index >= 15 is 0 Å². The highest BCUT2D eigenvalue weighted by molar-refractivity contribution is 5.79. The van der Waals surface area contributed by atoms with Crippen molar-refractivity contribution in [3.8, 4) is 0 Å². The van der Waals surface area contributed by atoms with Gasteiger partial charge in [-0.2, -0.15) is 0 Å². The quantitative estimate of drug-likeness (QED) is 0.323. The van der Waals surface area contributed by atoms with Gasteiger partial charge in [0.2, 0.25) is 0 Å². The molecule has 0 radical (unpaired) electrons. The number of aliphatic hydroxyl groups is 1. The van der Waals surface area contributed by atoms with Crippen molar-refractivity contribution >= 4 is 5.96 Å². The molecular weight excluding hydrogens is 316 g/mol. The molecule has 0 aliphatic carbocycles. The van der Waals surface area contributed by atoms with Crippen molar-refractivity contribution in [3.63, 3.8) is 0 Å². The summed E-state index contributed by atoms with van der Waals surface area (Å²) in [6.07, 6.45) is 5.11. The number of nitrogens with zero attached hydrogens (tertiary/aromatic N) is 4. The van der Waals surface area contributed by atoms with Gasteiger partial charge in [0, 0.05) is 26.7 Å². The molecule has 0 saturated carbocycles. The van der Waals surface area contributed by atoms with Crippen LogP contribution in [0.15, 0.2) is 4.99 Å². The fourth-order valence-electron chi connectivity index (χ4n) is 2.75. The summed E-state index contributed by atoms with van der Waals surface area (Å²) in [5.74, 6) is 2.54. The van der Waals surface area contributed by atoms with Gasteiger partial charge in [0.15, 0.2) is 11.8 Å². The molecule has 0 saturated heterocycles. The first kappa shape index (κ1) is 21.4. The number of rotatable bonds is 11. The van der Waals surface area contributed by atoms with Crippen LogP contribution >= 0.6 is 0 Å². The van der Waals surface area contributed by atoms with Gasteiger partial charge >= 0.3 is 0 Å². The third-order valence-electron chi connectivity index (χ3n) is 5.16. The molecule has 0 amide bonds. The molecule has 0 unspecified atom stereocenters. The van der Waals surface area contributed by atoms with Crippen LogP contribution in [0.25, 0.3) is 0 Å². The third kappa shape index (κ3) is 6.65. The Labute approximate surface area is 152 Å². The summed E-state index contributed by atoms with van der Waals surface area (Å²) in [7, 11) is 1.96. The van der Waals surface area contributed by atoms with Crippen LogP contribution in [0.1, 0.15) is 64.5 Å². The molecule has 0 aliphatic heterocycles. The zero-order valence-electron chi connectivity index (χ0n) is 16.6. The molecule has 7 heteroatoms. The smallest absolute Gasteiger partial charge is 0.191 e. The van der Waals surface area contributed by atoms with Crippen LogP contribution in [-0.4, -0.2) is 45.5 Å². The van der Waals surface area contributed by atoms with Crippen molar-refractivity contribution in [2.75, 3.05) is 19.7 Å². The second-order valence-electron chi connectivity index (χ2n) is 6.70. The van der Waals surface area contributed by atoms with Crippen LogP contribution in [0.5, 0.6) is 0 Å². The van der Waals surface area contributed by atoms with Gasteiger partial charge in [-0.15, -0.1) is 10.2 Å². The van der Waals surface area contributed by atoms with Gasteiger partial charge in [-0.25, -0.2) is 4.99 Å². The predicted molar refractivity (Wildman–Crippen MR) is 103 cm³/mol. The van der Waals surface area contributed by atoms with E-state index in [4.69, 9.17) is 0 Å². The monoisotopic (exact) mass is 352 g/mol. The van der Waals surface area contributed by atoms with E-state index in [1.54, 1.807) is 0 Å². The molecule has 0 fully saturated rings. The van der Waals surface area contributed by atoms with Crippen LogP contribution in [0, 0.1) is 12.3 Å². The average molecular weight is 353 g/mol. The van der Waals surface area contributed by atoms with Crippen LogP contribution in [-0.2, 0) is 13.6 Å². The zero-order valence-corrected chi connectivity index (χ0v) is 16.6. The number of aryl methyl sites for hydroxylation is 1. The Balaban J connectivity index is 2.77. The summed E-state index contributed by atoms with van der Waals surface area (Å²) < 4.78 is 1.96. The molecule has 0 atom stereocenters. The molecule has 7 nitrogen and oxygen atoms in total. The number of hydrogen-bond donors (Lipinski definition) is 3. The molecule has 0 aromatic carbocycles. The van der Waals surface area contributed by atoms with Gasteiger partial charge in [0.05, 0.1) is 0 Å².